The van der Waals surface area contributed by atoms with Crippen molar-refractivity contribution in [3.05, 3.63) is 101 Å². The zero-order valence-corrected chi connectivity index (χ0v) is 22.4. The van der Waals surface area contributed by atoms with Crippen LogP contribution in [0.5, 0.6) is 0 Å². The minimum absolute atomic E-state index is 0.0262. The Morgan fingerprint density at radius 3 is 2.68 bits per heavy atom. The average molecular weight is 531 g/mol. The number of amides is 1. The average Bonchev–Trinajstić information content (AvgIpc) is 3.51. The van der Waals surface area contributed by atoms with E-state index in [1.807, 2.05) is 87.5 Å². The minimum atomic E-state index is -0.286. The molecule has 2 N–H and O–H groups in total. The number of aromatic nitrogens is 1. The van der Waals surface area contributed by atoms with E-state index in [9.17, 15) is 4.79 Å². The fourth-order valence-corrected chi connectivity index (χ4v) is 5.13. The summed E-state index contributed by atoms with van der Waals surface area (Å²) in [6, 6.07) is 21.0. The van der Waals surface area contributed by atoms with Gasteiger partial charge in [0.1, 0.15) is 17.6 Å². The van der Waals surface area contributed by atoms with Crippen LogP contribution < -0.4 is 15.5 Å². The summed E-state index contributed by atoms with van der Waals surface area (Å²) < 4.78 is 6.48. The first-order chi connectivity index (χ1) is 17.9. The van der Waals surface area contributed by atoms with E-state index in [0.717, 1.165) is 45.3 Å². The van der Waals surface area contributed by atoms with Crippen molar-refractivity contribution >= 4 is 46.2 Å². The highest BCUT2D eigenvalue weighted by Gasteiger charge is 2.42. The molecule has 0 radical (unpaired) electrons. The Morgan fingerprint density at radius 2 is 1.95 bits per heavy atom. The van der Waals surface area contributed by atoms with E-state index in [1.54, 1.807) is 6.20 Å². The molecule has 0 saturated carbocycles. The Labute approximate surface area is 226 Å². The number of halogens is 1. The monoisotopic (exact) mass is 530 g/mol. The van der Waals surface area contributed by atoms with Crippen molar-refractivity contribution in [3.8, 4) is 11.3 Å². The first-order valence-corrected chi connectivity index (χ1v) is 12.9. The molecule has 3 heterocycles. The molecule has 4 aromatic rings. The van der Waals surface area contributed by atoms with Crippen LogP contribution in [0.3, 0.4) is 0 Å². The largest absolute Gasteiger partial charge is 0.459 e. The van der Waals surface area contributed by atoms with E-state index in [2.05, 4.69) is 20.5 Å². The summed E-state index contributed by atoms with van der Waals surface area (Å²) in [6.45, 7) is 5.84. The lowest BCUT2D eigenvalue weighted by molar-refractivity contribution is -0.115. The van der Waals surface area contributed by atoms with Gasteiger partial charge in [-0.05, 0) is 91.8 Å². The maximum Gasteiger partial charge on any atom is 0.224 e. The Hall–Kier alpha value is -3.68. The van der Waals surface area contributed by atoms with Crippen molar-refractivity contribution in [2.24, 2.45) is 0 Å². The molecule has 0 aliphatic carbocycles. The SMILES string of the molecule is CCC(=O)Nc1ccc(N2C(=S)N[C@H](c3ccccn3)[C@@H]2c2ccc(-c3cc(Cl)ccc3C)o2)cc1C. The van der Waals surface area contributed by atoms with Gasteiger partial charge in [-0.25, -0.2) is 0 Å². The second kappa shape index (κ2) is 10.4. The van der Waals surface area contributed by atoms with Crippen LogP contribution in [0.1, 0.15) is 48.0 Å². The Bertz CT molecular complexity index is 1470. The van der Waals surface area contributed by atoms with Gasteiger partial charge in [0.15, 0.2) is 5.11 Å². The molecule has 0 spiro atoms. The maximum atomic E-state index is 11.9. The normalized spacial score (nSPS) is 17.1. The predicted octanol–water partition coefficient (Wildman–Crippen LogP) is 7.14. The summed E-state index contributed by atoms with van der Waals surface area (Å²) in [5.74, 6) is 1.46. The van der Waals surface area contributed by atoms with Crippen LogP contribution in [-0.2, 0) is 4.79 Å². The third-order valence-corrected chi connectivity index (χ3v) is 7.11. The number of thiocarbonyl (C=S) groups is 1. The van der Waals surface area contributed by atoms with Gasteiger partial charge in [0.2, 0.25) is 5.91 Å². The maximum absolute atomic E-state index is 11.9. The van der Waals surface area contributed by atoms with E-state index in [1.165, 1.54) is 0 Å². The molecule has 0 unspecified atom stereocenters. The Morgan fingerprint density at radius 1 is 1.11 bits per heavy atom. The third kappa shape index (κ3) is 4.97. The lowest BCUT2D eigenvalue weighted by atomic mass is 10.0. The van der Waals surface area contributed by atoms with Crippen LogP contribution in [-0.4, -0.2) is 16.0 Å². The molecule has 37 heavy (non-hydrogen) atoms. The number of carbonyl (C=O) groups excluding carboxylic acids is 1. The summed E-state index contributed by atoms with van der Waals surface area (Å²) >= 11 is 12.1. The van der Waals surface area contributed by atoms with Crippen molar-refractivity contribution in [1.82, 2.24) is 10.3 Å². The molecule has 1 saturated heterocycles. The number of hydrogen-bond acceptors (Lipinski definition) is 4. The van der Waals surface area contributed by atoms with E-state index >= 15 is 0 Å². The number of rotatable bonds is 6. The van der Waals surface area contributed by atoms with E-state index < -0.39 is 0 Å². The highest BCUT2D eigenvalue weighted by molar-refractivity contribution is 7.80. The van der Waals surface area contributed by atoms with Gasteiger partial charge >= 0.3 is 0 Å². The van der Waals surface area contributed by atoms with Gasteiger partial charge in [-0.1, -0.05) is 30.7 Å². The molecular formula is C29H27ClN4O2S. The number of carbonyl (C=O) groups is 1. The number of benzene rings is 2. The van der Waals surface area contributed by atoms with E-state index in [0.29, 0.717) is 16.6 Å². The molecule has 188 valence electrons. The van der Waals surface area contributed by atoms with Crippen molar-refractivity contribution < 1.29 is 9.21 Å². The number of furan rings is 1. The summed E-state index contributed by atoms with van der Waals surface area (Å²) in [5.41, 5.74) is 5.49. The summed E-state index contributed by atoms with van der Waals surface area (Å²) in [7, 11) is 0. The first-order valence-electron chi connectivity index (χ1n) is 12.1. The molecule has 1 aliphatic heterocycles. The van der Waals surface area contributed by atoms with Crippen LogP contribution in [0.4, 0.5) is 11.4 Å². The number of hydrogen-bond donors (Lipinski definition) is 2. The smallest absolute Gasteiger partial charge is 0.224 e. The van der Waals surface area contributed by atoms with E-state index in [4.69, 9.17) is 28.2 Å². The zero-order valence-electron chi connectivity index (χ0n) is 20.8. The van der Waals surface area contributed by atoms with Gasteiger partial charge in [-0.2, -0.15) is 0 Å². The Kier molecular flexibility index (Phi) is 7.00. The lowest BCUT2D eigenvalue weighted by Crippen LogP contribution is -2.29. The molecule has 6 nitrogen and oxygen atoms in total. The van der Waals surface area contributed by atoms with Gasteiger partial charge in [0.25, 0.3) is 0 Å². The van der Waals surface area contributed by atoms with Crippen molar-refractivity contribution in [2.45, 2.75) is 39.3 Å². The van der Waals surface area contributed by atoms with Gasteiger partial charge < -0.3 is 20.0 Å². The molecule has 2 atom stereocenters. The molecule has 0 bridgehead atoms. The lowest BCUT2D eigenvalue weighted by Gasteiger charge is -2.27. The predicted molar refractivity (Wildman–Crippen MR) is 152 cm³/mol. The molecular weight excluding hydrogens is 504 g/mol. The summed E-state index contributed by atoms with van der Waals surface area (Å²) in [6.07, 6.45) is 2.19. The second-order valence-corrected chi connectivity index (χ2v) is 9.88. The summed E-state index contributed by atoms with van der Waals surface area (Å²) in [5, 5.41) is 7.63. The molecule has 2 aromatic heterocycles. The van der Waals surface area contributed by atoms with Gasteiger partial charge in [0.05, 0.1) is 11.7 Å². The third-order valence-electron chi connectivity index (χ3n) is 6.56. The van der Waals surface area contributed by atoms with Gasteiger partial charge in [0, 0.05) is 34.6 Å². The van der Waals surface area contributed by atoms with Crippen LogP contribution in [0.15, 0.2) is 77.3 Å². The number of nitrogens with one attached hydrogen (secondary N) is 2. The van der Waals surface area contributed by atoms with Crippen molar-refractivity contribution in [3.63, 3.8) is 0 Å². The minimum Gasteiger partial charge on any atom is -0.459 e. The second-order valence-electron chi connectivity index (χ2n) is 9.06. The van der Waals surface area contributed by atoms with Crippen molar-refractivity contribution in [2.75, 3.05) is 10.2 Å². The molecule has 1 fully saturated rings. The highest BCUT2D eigenvalue weighted by Crippen LogP contribution is 2.43. The summed E-state index contributed by atoms with van der Waals surface area (Å²) in [4.78, 5) is 18.6. The van der Waals surface area contributed by atoms with Gasteiger partial charge in [-0.3, -0.25) is 9.78 Å². The first kappa shape index (κ1) is 25.0. The zero-order chi connectivity index (χ0) is 26.1. The molecule has 2 aromatic carbocycles. The number of nitrogens with zero attached hydrogens (tertiary/aromatic N) is 2. The van der Waals surface area contributed by atoms with Crippen LogP contribution in [0, 0.1) is 13.8 Å². The van der Waals surface area contributed by atoms with E-state index in [-0.39, 0.29) is 18.0 Å². The quantitative estimate of drug-likeness (QED) is 0.258. The van der Waals surface area contributed by atoms with Crippen LogP contribution in [0.2, 0.25) is 5.02 Å². The molecule has 1 aliphatic rings. The molecule has 1 amide bonds. The fraction of sp³-hybridized carbons (Fsp3) is 0.207. The molecule has 5 rings (SSSR count). The topological polar surface area (TPSA) is 70.4 Å². The number of aryl methyl sites for hydroxylation is 2. The van der Waals surface area contributed by atoms with Crippen LogP contribution >= 0.6 is 23.8 Å². The highest BCUT2D eigenvalue weighted by atomic mass is 35.5. The number of anilines is 2. The van der Waals surface area contributed by atoms with Crippen LogP contribution in [0.25, 0.3) is 11.3 Å². The Balaban J connectivity index is 1.58. The van der Waals surface area contributed by atoms with Gasteiger partial charge in [-0.15, -0.1) is 0 Å². The standard InChI is InChI=1S/C29H27ClN4O2S/c1-4-26(35)32-22-11-10-20(15-18(22)3)34-28(27(33-29(34)37)23-7-5-6-14-31-23)25-13-12-24(36-25)21-16-19(30)9-8-17(21)2/h5-16,27-28H,4H2,1-3H3,(H,32,35)(H,33,37)/t27-,28+/m1/s1. The fourth-order valence-electron chi connectivity index (χ4n) is 4.61. The van der Waals surface area contributed by atoms with Crippen molar-refractivity contribution in [1.29, 1.82) is 0 Å². The molecule has 8 heteroatoms. The number of pyridine rings is 1.